The van der Waals surface area contributed by atoms with E-state index in [1.165, 1.54) is 0 Å². The molecule has 0 aliphatic carbocycles. The van der Waals surface area contributed by atoms with Gasteiger partial charge >= 0.3 is 0 Å². The number of hydrogen-bond donors (Lipinski definition) is 0. The van der Waals surface area contributed by atoms with Crippen molar-refractivity contribution in [3.8, 4) is 0 Å². The summed E-state index contributed by atoms with van der Waals surface area (Å²) in [5, 5.41) is 3.72. The fourth-order valence-electron chi connectivity index (χ4n) is 1.79. The second kappa shape index (κ2) is 4.25. The Hall–Kier alpha value is -1.36. The second-order valence-corrected chi connectivity index (χ2v) is 4.28. The third-order valence-corrected chi connectivity index (χ3v) is 2.71. The lowest BCUT2D eigenvalue weighted by atomic mass is 10.2. The van der Waals surface area contributed by atoms with Crippen LogP contribution in [0.3, 0.4) is 0 Å². The number of carbonyl (C=O) groups excluding carboxylic acids is 1. The Morgan fingerprint density at radius 3 is 2.94 bits per heavy atom. The van der Waals surface area contributed by atoms with Crippen LogP contribution in [0, 0.1) is 6.92 Å². The average Bonchev–Trinajstić information content (AvgIpc) is 2.67. The molecule has 1 aromatic heterocycles. The van der Waals surface area contributed by atoms with Gasteiger partial charge < -0.3 is 14.2 Å². The summed E-state index contributed by atoms with van der Waals surface area (Å²) in [5.41, 5.74) is 0.720. The Morgan fingerprint density at radius 1 is 1.56 bits per heavy atom. The maximum Gasteiger partial charge on any atom is 0.292 e. The molecule has 0 radical (unpaired) electrons. The van der Waals surface area contributed by atoms with Crippen LogP contribution < -0.4 is 0 Å². The average molecular weight is 224 g/mol. The number of carbonyl (C=O) groups is 1. The third-order valence-electron chi connectivity index (χ3n) is 2.71. The highest BCUT2D eigenvalue weighted by Crippen LogP contribution is 2.15. The molecule has 5 heteroatoms. The standard InChI is InChI=1S/C11H16N2O3/c1-7-4-10(16-12-7)11(14)13-5-9(3)15-6-8(13)2/h4,8-9H,5-6H2,1-3H3/t8-,9+/m1/s1. The van der Waals surface area contributed by atoms with Crippen LogP contribution in [-0.2, 0) is 4.74 Å². The van der Waals surface area contributed by atoms with Crippen molar-refractivity contribution in [3.63, 3.8) is 0 Å². The van der Waals surface area contributed by atoms with Crippen molar-refractivity contribution < 1.29 is 14.1 Å². The highest BCUT2D eigenvalue weighted by molar-refractivity contribution is 5.91. The van der Waals surface area contributed by atoms with Crippen LogP contribution in [-0.4, -0.2) is 41.3 Å². The minimum absolute atomic E-state index is 0.0733. The molecule has 0 spiro atoms. The molecule has 0 bridgehead atoms. The van der Waals surface area contributed by atoms with Crippen LogP contribution in [0.1, 0.15) is 30.1 Å². The van der Waals surface area contributed by atoms with Gasteiger partial charge in [-0.3, -0.25) is 4.79 Å². The van der Waals surface area contributed by atoms with Crippen molar-refractivity contribution in [2.24, 2.45) is 0 Å². The molecule has 1 aliphatic heterocycles. The number of ether oxygens (including phenoxy) is 1. The van der Waals surface area contributed by atoms with Crippen molar-refractivity contribution in [2.45, 2.75) is 32.9 Å². The maximum absolute atomic E-state index is 12.1. The molecule has 5 nitrogen and oxygen atoms in total. The Kier molecular flexibility index (Phi) is 2.96. The van der Waals surface area contributed by atoms with Gasteiger partial charge in [0, 0.05) is 12.6 Å². The number of nitrogens with zero attached hydrogens (tertiary/aromatic N) is 2. The monoisotopic (exact) mass is 224 g/mol. The predicted molar refractivity (Wildman–Crippen MR) is 57.2 cm³/mol. The molecule has 2 heterocycles. The van der Waals surface area contributed by atoms with Gasteiger partial charge in [-0.05, 0) is 20.8 Å². The molecule has 0 unspecified atom stereocenters. The minimum Gasteiger partial charge on any atom is -0.375 e. The minimum atomic E-state index is -0.108. The second-order valence-electron chi connectivity index (χ2n) is 4.28. The number of rotatable bonds is 1. The molecule has 0 N–H and O–H groups in total. The zero-order chi connectivity index (χ0) is 11.7. The molecular weight excluding hydrogens is 208 g/mol. The lowest BCUT2D eigenvalue weighted by Crippen LogP contribution is -2.50. The van der Waals surface area contributed by atoms with Crippen molar-refractivity contribution in [2.75, 3.05) is 13.2 Å². The van der Waals surface area contributed by atoms with E-state index in [0.29, 0.717) is 18.9 Å². The first-order valence-electron chi connectivity index (χ1n) is 5.44. The number of amides is 1. The summed E-state index contributed by atoms with van der Waals surface area (Å²) in [6.07, 6.45) is 0.0733. The van der Waals surface area contributed by atoms with Gasteiger partial charge in [0.2, 0.25) is 5.76 Å². The van der Waals surface area contributed by atoms with Gasteiger partial charge in [-0.25, -0.2) is 0 Å². The fraction of sp³-hybridized carbons (Fsp3) is 0.636. The van der Waals surface area contributed by atoms with Crippen LogP contribution in [0.2, 0.25) is 0 Å². The summed E-state index contributed by atoms with van der Waals surface area (Å²) < 4.78 is 10.5. The molecule has 1 aliphatic rings. The molecule has 16 heavy (non-hydrogen) atoms. The van der Waals surface area contributed by atoms with Crippen LogP contribution in [0.4, 0.5) is 0 Å². The summed E-state index contributed by atoms with van der Waals surface area (Å²) in [6.45, 7) is 6.89. The fourth-order valence-corrected chi connectivity index (χ4v) is 1.79. The summed E-state index contributed by atoms with van der Waals surface area (Å²) in [7, 11) is 0. The van der Waals surface area contributed by atoms with E-state index in [2.05, 4.69) is 5.16 Å². The molecule has 2 atom stereocenters. The van der Waals surface area contributed by atoms with Crippen molar-refractivity contribution in [3.05, 3.63) is 17.5 Å². The molecule has 1 saturated heterocycles. The van der Waals surface area contributed by atoms with Crippen LogP contribution in [0.15, 0.2) is 10.6 Å². The lowest BCUT2D eigenvalue weighted by molar-refractivity contribution is -0.0398. The van der Waals surface area contributed by atoms with Gasteiger partial charge in [-0.15, -0.1) is 0 Å². The van der Waals surface area contributed by atoms with Crippen LogP contribution >= 0.6 is 0 Å². The van der Waals surface area contributed by atoms with Crippen molar-refractivity contribution >= 4 is 5.91 Å². The number of hydrogen-bond acceptors (Lipinski definition) is 4. The molecular formula is C11H16N2O3. The van der Waals surface area contributed by atoms with E-state index in [-0.39, 0.29) is 18.1 Å². The van der Waals surface area contributed by atoms with Crippen molar-refractivity contribution in [1.29, 1.82) is 0 Å². The molecule has 0 aromatic carbocycles. The van der Waals surface area contributed by atoms with Crippen LogP contribution in [0.5, 0.6) is 0 Å². The Labute approximate surface area is 94.3 Å². The molecule has 1 amide bonds. The first-order valence-corrected chi connectivity index (χ1v) is 5.44. The topological polar surface area (TPSA) is 55.6 Å². The SMILES string of the molecule is Cc1cc(C(=O)N2C[C@H](C)OC[C@H]2C)on1. The summed E-state index contributed by atoms with van der Waals surface area (Å²) >= 11 is 0. The largest absolute Gasteiger partial charge is 0.375 e. The Morgan fingerprint density at radius 2 is 2.31 bits per heavy atom. The Balaban J connectivity index is 2.14. The highest BCUT2D eigenvalue weighted by Gasteiger charge is 2.30. The molecule has 1 aromatic rings. The van der Waals surface area contributed by atoms with Gasteiger partial charge in [0.15, 0.2) is 0 Å². The third kappa shape index (κ3) is 2.09. The quantitative estimate of drug-likeness (QED) is 0.720. The zero-order valence-electron chi connectivity index (χ0n) is 9.77. The first kappa shape index (κ1) is 11.1. The number of aryl methyl sites for hydroxylation is 1. The highest BCUT2D eigenvalue weighted by atomic mass is 16.5. The first-order chi connectivity index (χ1) is 7.58. The van der Waals surface area contributed by atoms with Gasteiger partial charge in [-0.1, -0.05) is 5.16 Å². The maximum atomic E-state index is 12.1. The van der Waals surface area contributed by atoms with E-state index in [1.54, 1.807) is 17.9 Å². The van der Waals surface area contributed by atoms with Gasteiger partial charge in [0.1, 0.15) is 0 Å². The number of aromatic nitrogens is 1. The molecule has 88 valence electrons. The summed E-state index contributed by atoms with van der Waals surface area (Å²) in [5.74, 6) is 0.196. The van der Waals surface area contributed by atoms with Crippen LogP contribution in [0.25, 0.3) is 0 Å². The van der Waals surface area contributed by atoms with E-state index in [4.69, 9.17) is 9.26 Å². The summed E-state index contributed by atoms with van der Waals surface area (Å²) in [6, 6.07) is 1.74. The van der Waals surface area contributed by atoms with E-state index in [9.17, 15) is 4.79 Å². The van der Waals surface area contributed by atoms with E-state index in [1.807, 2.05) is 13.8 Å². The van der Waals surface area contributed by atoms with Crippen molar-refractivity contribution in [1.82, 2.24) is 10.1 Å². The smallest absolute Gasteiger partial charge is 0.292 e. The van der Waals surface area contributed by atoms with Gasteiger partial charge in [-0.2, -0.15) is 0 Å². The van der Waals surface area contributed by atoms with Gasteiger partial charge in [0.05, 0.1) is 24.4 Å². The number of morpholine rings is 1. The van der Waals surface area contributed by atoms with E-state index in [0.717, 1.165) is 5.69 Å². The van der Waals surface area contributed by atoms with E-state index >= 15 is 0 Å². The zero-order valence-corrected chi connectivity index (χ0v) is 9.77. The molecule has 1 fully saturated rings. The van der Waals surface area contributed by atoms with E-state index < -0.39 is 0 Å². The lowest BCUT2D eigenvalue weighted by Gasteiger charge is -2.36. The predicted octanol–water partition coefficient (Wildman–Crippen LogP) is 1.23. The summed E-state index contributed by atoms with van der Waals surface area (Å²) in [4.78, 5) is 13.9. The molecule has 0 saturated carbocycles. The van der Waals surface area contributed by atoms with Gasteiger partial charge in [0.25, 0.3) is 5.91 Å². The molecule has 2 rings (SSSR count). The normalized spacial score (nSPS) is 25.8. The Bertz CT molecular complexity index is 388.